The van der Waals surface area contributed by atoms with Crippen LogP contribution >= 0.6 is 0 Å². The molecule has 1 heterocycles. The predicted octanol–water partition coefficient (Wildman–Crippen LogP) is 4.78. The van der Waals surface area contributed by atoms with Crippen molar-refractivity contribution in [2.24, 2.45) is 0 Å². The van der Waals surface area contributed by atoms with Gasteiger partial charge in [-0.2, -0.15) is 18.4 Å². The molecule has 3 aromatic rings. The van der Waals surface area contributed by atoms with Gasteiger partial charge in [-0.05, 0) is 30.7 Å². The first-order chi connectivity index (χ1) is 12.6. The lowest BCUT2D eigenvalue weighted by atomic mass is 10.0. The molecule has 0 amide bonds. The molecule has 2 aromatic carbocycles. The fraction of sp³-hybridized carbons (Fsp3) is 0.158. The molecule has 3 nitrogen and oxygen atoms in total. The van der Waals surface area contributed by atoms with E-state index < -0.39 is 34.8 Å². The number of hydrogen-bond donors (Lipinski definition) is 0. The average molecular weight is 378 g/mol. The fourth-order valence-corrected chi connectivity index (χ4v) is 2.86. The van der Waals surface area contributed by atoms with Gasteiger partial charge < -0.3 is 4.57 Å². The Labute approximate surface area is 149 Å². The SMILES string of the molecule is CC(c1ccc(C(F)(F)F)cc1)n1cc(C#N)c(=O)c2cc(F)c(F)cc21. The quantitative estimate of drug-likeness (QED) is 0.603. The molecular weight excluding hydrogens is 367 g/mol. The van der Waals surface area contributed by atoms with Crippen LogP contribution in [0.25, 0.3) is 10.9 Å². The van der Waals surface area contributed by atoms with Crippen LogP contribution in [0.1, 0.15) is 29.7 Å². The summed E-state index contributed by atoms with van der Waals surface area (Å²) in [6.45, 7) is 1.61. The molecule has 3 rings (SSSR count). The zero-order chi connectivity index (χ0) is 19.9. The molecular formula is C19H11F5N2O. The summed E-state index contributed by atoms with van der Waals surface area (Å²) in [7, 11) is 0. The van der Waals surface area contributed by atoms with Crippen molar-refractivity contribution in [2.75, 3.05) is 0 Å². The monoisotopic (exact) mass is 378 g/mol. The van der Waals surface area contributed by atoms with Gasteiger partial charge in [0.2, 0.25) is 5.43 Å². The molecule has 0 aliphatic rings. The molecule has 1 atom stereocenters. The van der Waals surface area contributed by atoms with Crippen molar-refractivity contribution in [1.29, 1.82) is 5.26 Å². The van der Waals surface area contributed by atoms with Crippen molar-refractivity contribution in [3.05, 3.63) is 81.1 Å². The van der Waals surface area contributed by atoms with E-state index in [1.54, 1.807) is 13.0 Å². The molecule has 0 saturated heterocycles. The molecule has 0 aliphatic carbocycles. The van der Waals surface area contributed by atoms with Gasteiger partial charge in [-0.1, -0.05) is 12.1 Å². The molecule has 0 fully saturated rings. The van der Waals surface area contributed by atoms with Crippen LogP contribution in [-0.4, -0.2) is 4.57 Å². The van der Waals surface area contributed by atoms with Crippen LogP contribution < -0.4 is 5.43 Å². The highest BCUT2D eigenvalue weighted by molar-refractivity contribution is 5.80. The largest absolute Gasteiger partial charge is 0.416 e. The zero-order valence-electron chi connectivity index (χ0n) is 13.8. The summed E-state index contributed by atoms with van der Waals surface area (Å²) in [5.41, 5.74) is -1.39. The van der Waals surface area contributed by atoms with E-state index >= 15 is 0 Å². The number of hydrogen-bond acceptors (Lipinski definition) is 2. The lowest BCUT2D eigenvalue weighted by Crippen LogP contribution is -2.17. The summed E-state index contributed by atoms with van der Waals surface area (Å²) in [5, 5.41) is 8.96. The first-order valence-corrected chi connectivity index (χ1v) is 7.74. The Kier molecular flexibility index (Phi) is 4.47. The second kappa shape index (κ2) is 6.50. The van der Waals surface area contributed by atoms with E-state index in [2.05, 4.69) is 0 Å². The van der Waals surface area contributed by atoms with E-state index in [1.165, 1.54) is 22.9 Å². The molecule has 0 radical (unpaired) electrons. The van der Waals surface area contributed by atoms with Gasteiger partial charge in [-0.15, -0.1) is 0 Å². The molecule has 1 unspecified atom stereocenters. The molecule has 0 N–H and O–H groups in total. The van der Waals surface area contributed by atoms with Gasteiger partial charge in [0.1, 0.15) is 11.6 Å². The minimum atomic E-state index is -4.49. The minimum absolute atomic E-state index is 0.0327. The third-order valence-electron chi connectivity index (χ3n) is 4.33. The number of nitriles is 1. The highest BCUT2D eigenvalue weighted by atomic mass is 19.4. The second-order valence-electron chi connectivity index (χ2n) is 5.97. The Morgan fingerprint density at radius 3 is 2.22 bits per heavy atom. The molecule has 0 spiro atoms. The number of alkyl halides is 3. The van der Waals surface area contributed by atoms with E-state index in [0.717, 1.165) is 18.2 Å². The summed E-state index contributed by atoms with van der Waals surface area (Å²) in [6, 6.07) is 6.91. The van der Waals surface area contributed by atoms with Gasteiger partial charge in [0.05, 0.1) is 22.5 Å². The van der Waals surface area contributed by atoms with Crippen LogP contribution in [0.5, 0.6) is 0 Å². The van der Waals surface area contributed by atoms with Crippen LogP contribution in [0.3, 0.4) is 0 Å². The normalized spacial score (nSPS) is 12.8. The lowest BCUT2D eigenvalue weighted by Gasteiger charge is -2.20. The molecule has 0 bridgehead atoms. The van der Waals surface area contributed by atoms with Gasteiger partial charge in [0.25, 0.3) is 0 Å². The highest BCUT2D eigenvalue weighted by Gasteiger charge is 2.30. The Bertz CT molecular complexity index is 1120. The molecule has 138 valence electrons. The Balaban J connectivity index is 2.21. The van der Waals surface area contributed by atoms with Crippen molar-refractivity contribution in [3.8, 4) is 6.07 Å². The topological polar surface area (TPSA) is 45.8 Å². The van der Waals surface area contributed by atoms with Gasteiger partial charge in [0, 0.05) is 12.3 Å². The van der Waals surface area contributed by atoms with Gasteiger partial charge >= 0.3 is 6.18 Å². The van der Waals surface area contributed by atoms with Crippen molar-refractivity contribution < 1.29 is 22.0 Å². The lowest BCUT2D eigenvalue weighted by molar-refractivity contribution is -0.137. The third kappa shape index (κ3) is 3.28. The van der Waals surface area contributed by atoms with Gasteiger partial charge in [-0.25, -0.2) is 8.78 Å². The van der Waals surface area contributed by atoms with Crippen molar-refractivity contribution in [2.45, 2.75) is 19.1 Å². The maximum Gasteiger partial charge on any atom is 0.416 e. The molecule has 8 heteroatoms. The summed E-state index contributed by atoms with van der Waals surface area (Å²) < 4.78 is 66.8. The summed E-state index contributed by atoms with van der Waals surface area (Å²) in [5.74, 6) is -2.41. The molecule has 0 saturated carbocycles. The van der Waals surface area contributed by atoms with Crippen molar-refractivity contribution in [3.63, 3.8) is 0 Å². The minimum Gasteiger partial charge on any atom is -0.339 e. The average Bonchev–Trinajstić information content (AvgIpc) is 2.63. The zero-order valence-corrected chi connectivity index (χ0v) is 13.8. The van der Waals surface area contributed by atoms with Crippen LogP contribution in [0, 0.1) is 23.0 Å². The van der Waals surface area contributed by atoms with Crippen LogP contribution in [0.4, 0.5) is 22.0 Å². The first-order valence-electron chi connectivity index (χ1n) is 7.74. The summed E-state index contributed by atoms with van der Waals surface area (Å²) in [6.07, 6.45) is -3.30. The maximum absolute atomic E-state index is 13.7. The smallest absolute Gasteiger partial charge is 0.339 e. The summed E-state index contributed by atoms with van der Waals surface area (Å²) in [4.78, 5) is 12.2. The van der Waals surface area contributed by atoms with Crippen LogP contribution in [0.15, 0.2) is 47.4 Å². The number of halogens is 5. The van der Waals surface area contributed by atoms with E-state index in [9.17, 15) is 26.7 Å². The number of nitrogens with zero attached hydrogens (tertiary/aromatic N) is 2. The number of aromatic nitrogens is 1. The second-order valence-corrected chi connectivity index (χ2v) is 5.97. The Morgan fingerprint density at radius 1 is 1.07 bits per heavy atom. The fourth-order valence-electron chi connectivity index (χ4n) is 2.86. The summed E-state index contributed by atoms with van der Waals surface area (Å²) >= 11 is 0. The standard InChI is InChI=1S/C19H11F5N2O/c1-10(11-2-4-13(5-3-11)19(22,23)24)26-9-12(8-25)18(27)14-6-15(20)16(21)7-17(14)26/h2-7,9-10H,1H3. The predicted molar refractivity (Wildman–Crippen MR) is 88.1 cm³/mol. The van der Waals surface area contributed by atoms with E-state index in [-0.39, 0.29) is 16.5 Å². The van der Waals surface area contributed by atoms with Crippen molar-refractivity contribution >= 4 is 10.9 Å². The van der Waals surface area contributed by atoms with Crippen LogP contribution in [-0.2, 0) is 6.18 Å². The first kappa shape index (κ1) is 18.6. The Morgan fingerprint density at radius 2 is 1.67 bits per heavy atom. The maximum atomic E-state index is 13.7. The number of rotatable bonds is 2. The van der Waals surface area contributed by atoms with E-state index in [4.69, 9.17) is 5.26 Å². The third-order valence-corrected chi connectivity index (χ3v) is 4.33. The number of fused-ring (bicyclic) bond motifs is 1. The van der Waals surface area contributed by atoms with Gasteiger partial charge in [-0.3, -0.25) is 4.79 Å². The van der Waals surface area contributed by atoms with Crippen LogP contribution in [0.2, 0.25) is 0 Å². The van der Waals surface area contributed by atoms with E-state index in [0.29, 0.717) is 11.6 Å². The molecule has 0 aliphatic heterocycles. The number of pyridine rings is 1. The highest BCUT2D eigenvalue weighted by Crippen LogP contribution is 2.31. The number of benzene rings is 2. The van der Waals surface area contributed by atoms with Crippen molar-refractivity contribution in [1.82, 2.24) is 4.57 Å². The molecule has 1 aromatic heterocycles. The Hall–Kier alpha value is -3.21. The molecule has 27 heavy (non-hydrogen) atoms. The van der Waals surface area contributed by atoms with Gasteiger partial charge in [0.15, 0.2) is 11.6 Å². The van der Waals surface area contributed by atoms with E-state index in [1.807, 2.05) is 0 Å².